The summed E-state index contributed by atoms with van der Waals surface area (Å²) in [6, 6.07) is 14.0. The molecule has 0 spiro atoms. The lowest BCUT2D eigenvalue weighted by Crippen LogP contribution is -2.39. The maximum Gasteiger partial charge on any atom is 0.139 e. The zero-order valence-electron chi connectivity index (χ0n) is 15.2. The number of phenols is 1. The van der Waals surface area contributed by atoms with E-state index in [4.69, 9.17) is 4.74 Å². The third kappa shape index (κ3) is 4.24. The predicted molar refractivity (Wildman–Crippen MR) is 108 cm³/mol. The monoisotopic (exact) mass is 386 g/mol. The van der Waals surface area contributed by atoms with Gasteiger partial charge < -0.3 is 25.6 Å². The van der Waals surface area contributed by atoms with Gasteiger partial charge in [-0.3, -0.25) is 0 Å². The second-order valence-corrected chi connectivity index (χ2v) is 8.13. The molecule has 0 bridgehead atoms. The molecule has 0 radical (unpaired) electrons. The summed E-state index contributed by atoms with van der Waals surface area (Å²) in [5.41, 5.74) is 2.79. The molecule has 1 heterocycles. The summed E-state index contributed by atoms with van der Waals surface area (Å²) in [5.74, 6) is 0.960. The van der Waals surface area contributed by atoms with Crippen LogP contribution in [-0.4, -0.2) is 34.8 Å². The summed E-state index contributed by atoms with van der Waals surface area (Å²) in [6.45, 7) is 1.10. The normalized spacial score (nSPS) is 22.4. The van der Waals surface area contributed by atoms with E-state index in [9.17, 15) is 10.2 Å². The number of aliphatic hydroxyl groups excluding tert-OH is 1. The fourth-order valence-electron chi connectivity index (χ4n) is 3.87. The lowest BCUT2D eigenvalue weighted by molar-refractivity contribution is 0.0248. The molecule has 1 aliphatic carbocycles. The first kappa shape index (κ1) is 18.6. The van der Waals surface area contributed by atoms with E-state index in [1.807, 2.05) is 24.3 Å². The number of aliphatic hydroxyl groups is 1. The van der Waals surface area contributed by atoms with Gasteiger partial charge in [0, 0.05) is 17.5 Å². The van der Waals surface area contributed by atoms with E-state index in [2.05, 4.69) is 22.8 Å². The van der Waals surface area contributed by atoms with Crippen LogP contribution in [0.25, 0.3) is 0 Å². The fraction of sp³-hybridized carbons (Fsp3) is 0.429. The van der Waals surface area contributed by atoms with Crippen molar-refractivity contribution < 1.29 is 14.9 Å². The molecule has 5 nitrogen and oxygen atoms in total. The average Bonchev–Trinajstić information content (AvgIpc) is 3.35. The van der Waals surface area contributed by atoms with Crippen LogP contribution in [0.4, 0.5) is 5.69 Å². The zero-order valence-corrected chi connectivity index (χ0v) is 16.0. The van der Waals surface area contributed by atoms with E-state index in [0.29, 0.717) is 13.2 Å². The highest BCUT2D eigenvalue weighted by Gasteiger charge is 2.29. The summed E-state index contributed by atoms with van der Waals surface area (Å²) in [7, 11) is 0. The molecule has 0 aromatic heterocycles. The van der Waals surface area contributed by atoms with Gasteiger partial charge in [0.25, 0.3) is 0 Å². The molecule has 27 heavy (non-hydrogen) atoms. The minimum atomic E-state index is -0.609. The molecule has 0 unspecified atom stereocenters. The van der Waals surface area contributed by atoms with Crippen LogP contribution in [0.3, 0.4) is 0 Å². The van der Waals surface area contributed by atoms with Crippen molar-refractivity contribution in [2.24, 2.45) is 0 Å². The Hall–Kier alpha value is -1.73. The number of hydrogen-bond donors (Lipinski definition) is 4. The van der Waals surface area contributed by atoms with Crippen LogP contribution < -0.4 is 10.6 Å². The third-order valence-corrected chi connectivity index (χ3v) is 6.34. The lowest BCUT2D eigenvalue weighted by Gasteiger charge is -2.24. The molecule has 2 aromatic carbocycles. The number of ether oxygens (including phenoxy) is 1. The van der Waals surface area contributed by atoms with Crippen molar-refractivity contribution in [3.05, 3.63) is 53.6 Å². The molecule has 2 aromatic rings. The molecular formula is C21H26N2O3S. The highest BCUT2D eigenvalue weighted by molar-refractivity contribution is 8.00. The number of thioether (sulfide) groups is 1. The molecule has 4 rings (SSSR count). The summed E-state index contributed by atoms with van der Waals surface area (Å²) in [6.07, 6.45) is 2.83. The first-order valence-corrected chi connectivity index (χ1v) is 10.5. The minimum Gasteiger partial charge on any atom is -0.506 e. The van der Waals surface area contributed by atoms with Crippen LogP contribution in [0.15, 0.2) is 47.4 Å². The maximum atomic E-state index is 10.7. The molecule has 6 heteroatoms. The van der Waals surface area contributed by atoms with Gasteiger partial charge in [-0.25, -0.2) is 0 Å². The minimum absolute atomic E-state index is 0.180. The smallest absolute Gasteiger partial charge is 0.139 e. The fourth-order valence-corrected chi connectivity index (χ4v) is 4.92. The van der Waals surface area contributed by atoms with Crippen molar-refractivity contribution in [3.63, 3.8) is 0 Å². The lowest BCUT2D eigenvalue weighted by atomic mass is 10.1. The van der Waals surface area contributed by atoms with E-state index in [1.54, 1.807) is 17.8 Å². The van der Waals surface area contributed by atoms with Crippen molar-refractivity contribution >= 4 is 17.4 Å². The molecule has 2 aliphatic rings. The Morgan fingerprint density at radius 3 is 2.89 bits per heavy atom. The van der Waals surface area contributed by atoms with Crippen LogP contribution in [-0.2, 0) is 11.3 Å². The highest BCUT2D eigenvalue weighted by Crippen LogP contribution is 2.44. The standard InChI is InChI=1S/C21H26N2O3S/c24-17-10-9-15(21-20(17)23-13-27-21)18(25)11-22-16-7-4-8-19(16)26-12-14-5-2-1-3-6-14/h1-3,5-6,9-10,16,18-19,22-25H,4,7-8,11-13H2/t16-,18-,19-/m0/s1. The molecule has 1 saturated carbocycles. The predicted octanol–water partition coefficient (Wildman–Crippen LogP) is 3.63. The number of fused-ring (bicyclic) bond motifs is 1. The first-order valence-electron chi connectivity index (χ1n) is 9.52. The summed E-state index contributed by atoms with van der Waals surface area (Å²) >= 11 is 1.62. The quantitative estimate of drug-likeness (QED) is 0.545. The second-order valence-electron chi connectivity index (χ2n) is 7.14. The number of anilines is 1. The Morgan fingerprint density at radius 1 is 1.19 bits per heavy atom. The third-order valence-electron chi connectivity index (χ3n) is 5.32. The van der Waals surface area contributed by atoms with Gasteiger partial charge in [-0.2, -0.15) is 0 Å². The Morgan fingerprint density at radius 2 is 2.04 bits per heavy atom. The van der Waals surface area contributed by atoms with Crippen molar-refractivity contribution in [2.75, 3.05) is 17.7 Å². The van der Waals surface area contributed by atoms with Gasteiger partial charge in [-0.15, -0.1) is 11.8 Å². The molecular weight excluding hydrogens is 360 g/mol. The average molecular weight is 387 g/mol. The summed E-state index contributed by atoms with van der Waals surface area (Å²) < 4.78 is 6.14. The van der Waals surface area contributed by atoms with Gasteiger partial charge in [0.05, 0.1) is 30.4 Å². The van der Waals surface area contributed by atoms with Gasteiger partial charge in [0.2, 0.25) is 0 Å². The van der Waals surface area contributed by atoms with E-state index < -0.39 is 6.10 Å². The number of hydrogen-bond acceptors (Lipinski definition) is 6. The molecule has 1 aliphatic heterocycles. The number of benzene rings is 2. The van der Waals surface area contributed by atoms with E-state index >= 15 is 0 Å². The Bertz CT molecular complexity index is 772. The van der Waals surface area contributed by atoms with Crippen LogP contribution in [0.5, 0.6) is 5.75 Å². The van der Waals surface area contributed by atoms with Crippen LogP contribution >= 0.6 is 11.8 Å². The number of rotatable bonds is 7. The van der Waals surface area contributed by atoms with E-state index in [1.165, 1.54) is 5.56 Å². The van der Waals surface area contributed by atoms with Gasteiger partial charge in [0.1, 0.15) is 5.75 Å². The Balaban J connectivity index is 1.33. The molecule has 0 amide bonds. The van der Waals surface area contributed by atoms with Crippen molar-refractivity contribution in [1.29, 1.82) is 0 Å². The molecule has 3 atom stereocenters. The van der Waals surface area contributed by atoms with Gasteiger partial charge in [-0.05, 0) is 36.5 Å². The maximum absolute atomic E-state index is 10.7. The molecule has 144 valence electrons. The number of nitrogens with one attached hydrogen (secondary N) is 2. The van der Waals surface area contributed by atoms with Crippen molar-refractivity contribution in [1.82, 2.24) is 5.32 Å². The molecule has 4 N–H and O–H groups in total. The largest absolute Gasteiger partial charge is 0.506 e. The zero-order chi connectivity index (χ0) is 18.6. The molecule has 0 saturated heterocycles. The van der Waals surface area contributed by atoms with Crippen molar-refractivity contribution in [3.8, 4) is 5.75 Å². The topological polar surface area (TPSA) is 73.8 Å². The molecule has 1 fully saturated rings. The van der Waals surface area contributed by atoms with Crippen molar-refractivity contribution in [2.45, 2.75) is 49.0 Å². The number of phenolic OH excluding ortho intramolecular Hbond substituents is 1. The van der Waals surface area contributed by atoms with Crippen LogP contribution in [0.1, 0.15) is 36.5 Å². The van der Waals surface area contributed by atoms with Crippen LogP contribution in [0.2, 0.25) is 0 Å². The summed E-state index contributed by atoms with van der Waals surface area (Å²) in [5, 5.41) is 27.3. The van der Waals surface area contributed by atoms with Gasteiger partial charge in [-0.1, -0.05) is 36.4 Å². The number of aromatic hydroxyl groups is 1. The van der Waals surface area contributed by atoms with E-state index in [0.717, 1.165) is 41.3 Å². The highest BCUT2D eigenvalue weighted by atomic mass is 32.2. The Kier molecular flexibility index (Phi) is 5.88. The summed E-state index contributed by atoms with van der Waals surface area (Å²) in [4.78, 5) is 0.951. The van der Waals surface area contributed by atoms with Gasteiger partial charge >= 0.3 is 0 Å². The van der Waals surface area contributed by atoms with Crippen LogP contribution in [0, 0.1) is 0 Å². The van der Waals surface area contributed by atoms with Gasteiger partial charge in [0.15, 0.2) is 0 Å². The Labute approximate surface area is 164 Å². The second kappa shape index (κ2) is 8.52. The van der Waals surface area contributed by atoms with E-state index in [-0.39, 0.29) is 17.9 Å². The first-order chi connectivity index (χ1) is 13.2. The SMILES string of the molecule is Oc1ccc([C@@H](O)CN[C@H]2CCC[C@@H]2OCc2ccccc2)c2c1NCS2.